The molecule has 0 atom stereocenters. The molecule has 0 unspecified atom stereocenters. The molecule has 0 amide bonds. The molecule has 1 fully saturated rings. The lowest BCUT2D eigenvalue weighted by atomic mass is 10.1. The van der Waals surface area contributed by atoms with Crippen LogP contribution in [0.15, 0.2) is 12.1 Å². The van der Waals surface area contributed by atoms with E-state index in [1.54, 1.807) is 0 Å². The van der Waals surface area contributed by atoms with Crippen molar-refractivity contribution >= 4 is 23.0 Å². The van der Waals surface area contributed by atoms with Gasteiger partial charge in [0.25, 0.3) is 0 Å². The van der Waals surface area contributed by atoms with Gasteiger partial charge in [0, 0.05) is 38.8 Å². The van der Waals surface area contributed by atoms with Crippen molar-refractivity contribution in [1.29, 1.82) is 0 Å². The molecule has 0 saturated carbocycles. The number of hydrogen-bond donors (Lipinski definition) is 1. The summed E-state index contributed by atoms with van der Waals surface area (Å²) in [6, 6.07) is 2.93. The molecule has 1 heterocycles. The summed E-state index contributed by atoms with van der Waals surface area (Å²) in [5, 5.41) is 0.0830. The number of nitrogens with zero attached hydrogens (tertiary/aromatic N) is 2. The number of piperazine rings is 1. The first-order chi connectivity index (χ1) is 8.97. The fraction of sp³-hybridized carbons (Fsp3) is 0.571. The Morgan fingerprint density at radius 1 is 1.26 bits per heavy atom. The first-order valence-corrected chi connectivity index (χ1v) is 7.07. The summed E-state index contributed by atoms with van der Waals surface area (Å²) in [6.45, 7) is 9.27. The fourth-order valence-corrected chi connectivity index (χ4v) is 2.69. The van der Waals surface area contributed by atoms with Gasteiger partial charge in [0.05, 0.1) is 16.4 Å². The van der Waals surface area contributed by atoms with Gasteiger partial charge in [-0.15, -0.1) is 0 Å². The lowest BCUT2D eigenvalue weighted by molar-refractivity contribution is 0.231. The van der Waals surface area contributed by atoms with Crippen LogP contribution < -0.4 is 10.6 Å². The van der Waals surface area contributed by atoms with Gasteiger partial charge in [-0.05, 0) is 12.0 Å². The maximum absolute atomic E-state index is 13.5. The van der Waals surface area contributed by atoms with Gasteiger partial charge in [0.15, 0.2) is 0 Å². The van der Waals surface area contributed by atoms with E-state index in [1.807, 2.05) is 0 Å². The SMILES string of the molecule is CC(C)CN1CCN(c2cc(F)c(Cl)cc2N)CC1. The van der Waals surface area contributed by atoms with E-state index in [9.17, 15) is 4.39 Å². The lowest BCUT2D eigenvalue weighted by Gasteiger charge is -2.37. The van der Waals surface area contributed by atoms with Gasteiger partial charge in [-0.3, -0.25) is 4.90 Å². The number of anilines is 2. The standard InChI is InChI=1S/C14H21ClFN3/c1-10(2)9-18-3-5-19(6-4-18)14-8-12(16)11(15)7-13(14)17/h7-8,10H,3-6,9,17H2,1-2H3. The van der Waals surface area contributed by atoms with E-state index in [-0.39, 0.29) is 5.02 Å². The van der Waals surface area contributed by atoms with Crippen molar-refractivity contribution in [2.45, 2.75) is 13.8 Å². The summed E-state index contributed by atoms with van der Waals surface area (Å²) in [7, 11) is 0. The van der Waals surface area contributed by atoms with Crippen LogP contribution in [0, 0.1) is 11.7 Å². The van der Waals surface area contributed by atoms with Crippen LogP contribution >= 0.6 is 11.6 Å². The minimum atomic E-state index is -0.407. The average Bonchev–Trinajstić information content (AvgIpc) is 2.34. The van der Waals surface area contributed by atoms with Crippen LogP contribution in [0.2, 0.25) is 5.02 Å². The largest absolute Gasteiger partial charge is 0.397 e. The zero-order valence-electron chi connectivity index (χ0n) is 11.5. The highest BCUT2D eigenvalue weighted by Crippen LogP contribution is 2.29. The molecule has 5 heteroatoms. The third kappa shape index (κ3) is 3.51. The molecule has 1 aromatic rings. The van der Waals surface area contributed by atoms with Gasteiger partial charge in [-0.25, -0.2) is 4.39 Å². The van der Waals surface area contributed by atoms with E-state index in [1.165, 1.54) is 12.1 Å². The molecule has 3 nitrogen and oxygen atoms in total. The summed E-state index contributed by atoms with van der Waals surface area (Å²) in [6.07, 6.45) is 0. The zero-order valence-corrected chi connectivity index (χ0v) is 12.3. The van der Waals surface area contributed by atoms with Crippen LogP contribution in [0.4, 0.5) is 15.8 Å². The molecule has 0 aromatic heterocycles. The smallest absolute Gasteiger partial charge is 0.144 e. The van der Waals surface area contributed by atoms with Crippen LogP contribution in [0.5, 0.6) is 0 Å². The third-order valence-electron chi connectivity index (χ3n) is 3.41. The Morgan fingerprint density at radius 3 is 2.47 bits per heavy atom. The van der Waals surface area contributed by atoms with Crippen molar-refractivity contribution in [2.24, 2.45) is 5.92 Å². The molecular formula is C14H21ClFN3. The summed E-state index contributed by atoms with van der Waals surface area (Å²) < 4.78 is 13.5. The highest BCUT2D eigenvalue weighted by atomic mass is 35.5. The number of halogens is 2. The maximum Gasteiger partial charge on any atom is 0.144 e. The normalized spacial score (nSPS) is 17.2. The molecule has 0 radical (unpaired) electrons. The second kappa shape index (κ2) is 5.97. The molecule has 19 heavy (non-hydrogen) atoms. The molecule has 1 aliphatic rings. The van der Waals surface area contributed by atoms with Crippen LogP contribution in [0.1, 0.15) is 13.8 Å². The Hall–Kier alpha value is -1.00. The number of nitrogen functional groups attached to an aromatic ring is 1. The van der Waals surface area contributed by atoms with Crippen LogP contribution in [-0.2, 0) is 0 Å². The van der Waals surface area contributed by atoms with E-state index in [0.29, 0.717) is 11.6 Å². The van der Waals surface area contributed by atoms with Gasteiger partial charge in [0.2, 0.25) is 0 Å². The summed E-state index contributed by atoms with van der Waals surface area (Å²) in [5.74, 6) is 0.264. The Labute approximate surface area is 119 Å². The minimum Gasteiger partial charge on any atom is -0.397 e. The first kappa shape index (κ1) is 14.4. The van der Waals surface area contributed by atoms with Crippen molar-refractivity contribution in [3.63, 3.8) is 0 Å². The van der Waals surface area contributed by atoms with E-state index < -0.39 is 5.82 Å². The molecular weight excluding hydrogens is 265 g/mol. The second-order valence-electron chi connectivity index (χ2n) is 5.51. The van der Waals surface area contributed by atoms with Crippen LogP contribution in [0.25, 0.3) is 0 Å². The Kier molecular flexibility index (Phi) is 4.53. The van der Waals surface area contributed by atoms with E-state index >= 15 is 0 Å². The Bertz CT molecular complexity index is 443. The highest BCUT2D eigenvalue weighted by molar-refractivity contribution is 6.31. The average molecular weight is 286 g/mol. The monoisotopic (exact) mass is 285 g/mol. The molecule has 0 spiro atoms. The zero-order chi connectivity index (χ0) is 14.0. The topological polar surface area (TPSA) is 32.5 Å². The lowest BCUT2D eigenvalue weighted by Crippen LogP contribution is -2.47. The van der Waals surface area contributed by atoms with Crippen LogP contribution in [-0.4, -0.2) is 37.6 Å². The van der Waals surface area contributed by atoms with Gasteiger partial charge in [0.1, 0.15) is 5.82 Å². The predicted molar refractivity (Wildman–Crippen MR) is 79.3 cm³/mol. The second-order valence-corrected chi connectivity index (χ2v) is 5.91. The number of rotatable bonds is 3. The molecule has 1 aromatic carbocycles. The number of hydrogen-bond acceptors (Lipinski definition) is 3. The van der Waals surface area contributed by atoms with E-state index in [2.05, 4.69) is 23.6 Å². The first-order valence-electron chi connectivity index (χ1n) is 6.69. The van der Waals surface area contributed by atoms with Crippen molar-refractivity contribution in [3.8, 4) is 0 Å². The van der Waals surface area contributed by atoms with E-state index in [4.69, 9.17) is 17.3 Å². The summed E-state index contributed by atoms with van der Waals surface area (Å²) in [5.41, 5.74) is 7.23. The van der Waals surface area contributed by atoms with Crippen LogP contribution in [0.3, 0.4) is 0 Å². The molecule has 1 aliphatic heterocycles. The Morgan fingerprint density at radius 2 is 1.89 bits per heavy atom. The van der Waals surface area contributed by atoms with Gasteiger partial charge < -0.3 is 10.6 Å². The number of benzene rings is 1. The molecule has 0 aliphatic carbocycles. The summed E-state index contributed by atoms with van der Waals surface area (Å²) >= 11 is 5.72. The van der Waals surface area contributed by atoms with Gasteiger partial charge >= 0.3 is 0 Å². The molecule has 1 saturated heterocycles. The van der Waals surface area contributed by atoms with Crippen molar-refractivity contribution in [2.75, 3.05) is 43.4 Å². The van der Waals surface area contributed by atoms with Gasteiger partial charge in [-0.1, -0.05) is 25.4 Å². The quantitative estimate of drug-likeness (QED) is 0.867. The maximum atomic E-state index is 13.5. The molecule has 2 N–H and O–H groups in total. The van der Waals surface area contributed by atoms with E-state index in [0.717, 1.165) is 38.4 Å². The highest BCUT2D eigenvalue weighted by Gasteiger charge is 2.20. The molecule has 106 valence electrons. The number of nitrogens with two attached hydrogens (primary N) is 1. The van der Waals surface area contributed by atoms with Crippen molar-refractivity contribution < 1.29 is 4.39 Å². The summed E-state index contributed by atoms with van der Waals surface area (Å²) in [4.78, 5) is 4.56. The van der Waals surface area contributed by atoms with Crippen molar-refractivity contribution in [1.82, 2.24) is 4.90 Å². The minimum absolute atomic E-state index is 0.0830. The fourth-order valence-electron chi connectivity index (χ4n) is 2.51. The molecule has 2 rings (SSSR count). The third-order valence-corrected chi connectivity index (χ3v) is 3.70. The predicted octanol–water partition coefficient (Wildman–Crippen LogP) is 2.84. The molecule has 0 bridgehead atoms. The van der Waals surface area contributed by atoms with Crippen molar-refractivity contribution in [3.05, 3.63) is 23.0 Å². The van der Waals surface area contributed by atoms with Gasteiger partial charge in [-0.2, -0.15) is 0 Å². The Balaban J connectivity index is 2.03.